The molecule has 1 aliphatic heterocycles. The first-order valence-corrected chi connectivity index (χ1v) is 3.75. The number of hydrogen-bond donors (Lipinski definition) is 0. The van der Waals surface area contributed by atoms with Gasteiger partial charge in [0.2, 0.25) is 0 Å². The Morgan fingerprint density at radius 2 is 2.09 bits per heavy atom. The Labute approximate surface area is 64.0 Å². The third-order valence-corrected chi connectivity index (χ3v) is 2.25. The third kappa shape index (κ3) is 0.964. The first kappa shape index (κ1) is 6.58. The van der Waals surface area contributed by atoms with Crippen molar-refractivity contribution in [3.05, 3.63) is 11.6 Å². The van der Waals surface area contributed by atoms with Gasteiger partial charge in [-0.15, -0.1) is 0 Å². The highest BCUT2D eigenvalue weighted by Crippen LogP contribution is 2.35. The SMILES string of the molecule is O=C1C=C(C2CCC2)C(=O)O1. The van der Waals surface area contributed by atoms with Gasteiger partial charge in [-0.1, -0.05) is 6.42 Å². The Hall–Kier alpha value is -1.12. The van der Waals surface area contributed by atoms with Crippen LogP contribution in [0, 0.1) is 5.92 Å². The van der Waals surface area contributed by atoms with Gasteiger partial charge in [-0.05, 0) is 18.8 Å². The van der Waals surface area contributed by atoms with E-state index in [9.17, 15) is 9.59 Å². The Balaban J connectivity index is 2.17. The highest BCUT2D eigenvalue weighted by Gasteiger charge is 2.33. The van der Waals surface area contributed by atoms with Crippen LogP contribution in [0.1, 0.15) is 19.3 Å². The summed E-state index contributed by atoms with van der Waals surface area (Å²) in [6.07, 6.45) is 4.53. The minimum atomic E-state index is -0.503. The van der Waals surface area contributed by atoms with Crippen molar-refractivity contribution in [2.75, 3.05) is 0 Å². The molecule has 0 aromatic heterocycles. The number of ether oxygens (including phenoxy) is 1. The lowest BCUT2D eigenvalue weighted by atomic mass is 9.80. The minimum Gasteiger partial charge on any atom is -0.386 e. The van der Waals surface area contributed by atoms with Crippen LogP contribution in [-0.4, -0.2) is 11.9 Å². The topological polar surface area (TPSA) is 43.4 Å². The second-order valence-electron chi connectivity index (χ2n) is 2.94. The van der Waals surface area contributed by atoms with E-state index in [0.29, 0.717) is 11.5 Å². The molecule has 1 heterocycles. The van der Waals surface area contributed by atoms with Crippen LogP contribution >= 0.6 is 0 Å². The molecule has 0 amide bonds. The quantitative estimate of drug-likeness (QED) is 0.412. The van der Waals surface area contributed by atoms with Crippen LogP contribution in [0.25, 0.3) is 0 Å². The van der Waals surface area contributed by atoms with Crippen molar-refractivity contribution in [2.24, 2.45) is 5.92 Å². The van der Waals surface area contributed by atoms with E-state index in [-0.39, 0.29) is 0 Å². The second kappa shape index (κ2) is 2.19. The van der Waals surface area contributed by atoms with Crippen molar-refractivity contribution >= 4 is 11.9 Å². The van der Waals surface area contributed by atoms with Crippen LogP contribution in [0.15, 0.2) is 11.6 Å². The van der Waals surface area contributed by atoms with Gasteiger partial charge in [-0.3, -0.25) is 0 Å². The fourth-order valence-corrected chi connectivity index (χ4v) is 1.37. The van der Waals surface area contributed by atoms with Crippen LogP contribution in [0.2, 0.25) is 0 Å². The Bertz CT molecular complexity index is 248. The maximum atomic E-state index is 10.9. The average molecular weight is 152 g/mol. The number of rotatable bonds is 1. The van der Waals surface area contributed by atoms with Crippen molar-refractivity contribution in [1.82, 2.24) is 0 Å². The number of hydrogen-bond acceptors (Lipinski definition) is 3. The maximum Gasteiger partial charge on any atom is 0.342 e. The van der Waals surface area contributed by atoms with Crippen molar-refractivity contribution in [2.45, 2.75) is 19.3 Å². The van der Waals surface area contributed by atoms with Gasteiger partial charge in [0.05, 0.1) is 0 Å². The second-order valence-corrected chi connectivity index (χ2v) is 2.94. The molecule has 3 nitrogen and oxygen atoms in total. The molecule has 0 aromatic carbocycles. The first-order chi connectivity index (χ1) is 5.27. The Kier molecular flexibility index (Phi) is 1.31. The summed E-state index contributed by atoms with van der Waals surface area (Å²) in [4.78, 5) is 21.5. The zero-order valence-electron chi connectivity index (χ0n) is 6.00. The number of esters is 2. The number of carbonyl (C=O) groups is 2. The molecule has 0 spiro atoms. The summed E-state index contributed by atoms with van der Waals surface area (Å²) < 4.78 is 4.36. The molecule has 1 saturated carbocycles. The van der Waals surface area contributed by atoms with E-state index >= 15 is 0 Å². The molecule has 0 N–H and O–H groups in total. The molecule has 11 heavy (non-hydrogen) atoms. The molecule has 0 bridgehead atoms. The van der Waals surface area contributed by atoms with Crippen molar-refractivity contribution in [3.63, 3.8) is 0 Å². The lowest BCUT2D eigenvalue weighted by molar-refractivity contribution is -0.151. The molecular formula is C8H8O3. The fourth-order valence-electron chi connectivity index (χ4n) is 1.37. The summed E-state index contributed by atoms with van der Waals surface area (Å²) in [5.41, 5.74) is 0.584. The van der Waals surface area contributed by atoms with Gasteiger partial charge in [-0.25, -0.2) is 9.59 Å². The van der Waals surface area contributed by atoms with E-state index in [0.717, 1.165) is 19.3 Å². The van der Waals surface area contributed by atoms with E-state index in [1.54, 1.807) is 0 Å². The van der Waals surface area contributed by atoms with Gasteiger partial charge in [0.25, 0.3) is 0 Å². The summed E-state index contributed by atoms with van der Waals surface area (Å²) in [5.74, 6) is -0.634. The Morgan fingerprint density at radius 3 is 2.45 bits per heavy atom. The zero-order valence-corrected chi connectivity index (χ0v) is 6.00. The summed E-state index contributed by atoms with van der Waals surface area (Å²) in [7, 11) is 0. The van der Waals surface area contributed by atoms with Crippen LogP contribution in [0.4, 0.5) is 0 Å². The smallest absolute Gasteiger partial charge is 0.342 e. The van der Waals surface area contributed by atoms with E-state index in [2.05, 4.69) is 4.74 Å². The molecular weight excluding hydrogens is 144 g/mol. The van der Waals surface area contributed by atoms with E-state index in [1.165, 1.54) is 6.08 Å². The van der Waals surface area contributed by atoms with Gasteiger partial charge in [0.15, 0.2) is 0 Å². The lowest BCUT2D eigenvalue weighted by Crippen LogP contribution is -2.17. The molecule has 3 heteroatoms. The molecule has 58 valence electrons. The summed E-state index contributed by atoms with van der Waals surface area (Å²) in [6.45, 7) is 0. The van der Waals surface area contributed by atoms with Crippen LogP contribution in [0.5, 0.6) is 0 Å². The summed E-state index contributed by atoms with van der Waals surface area (Å²) >= 11 is 0. The number of carbonyl (C=O) groups excluding carboxylic acids is 2. The molecule has 0 aromatic rings. The van der Waals surface area contributed by atoms with Crippen molar-refractivity contribution in [3.8, 4) is 0 Å². The monoisotopic (exact) mass is 152 g/mol. The van der Waals surface area contributed by atoms with E-state index < -0.39 is 11.9 Å². The summed E-state index contributed by atoms with van der Waals surface area (Å²) in [5, 5.41) is 0. The predicted octanol–water partition coefficient (Wildman–Crippen LogP) is 0.796. The van der Waals surface area contributed by atoms with Gasteiger partial charge < -0.3 is 4.74 Å². The number of cyclic esters (lactones) is 2. The normalized spacial score (nSPS) is 24.5. The van der Waals surface area contributed by atoms with Crippen molar-refractivity contribution in [1.29, 1.82) is 0 Å². The van der Waals surface area contributed by atoms with Gasteiger partial charge in [0.1, 0.15) is 0 Å². The minimum absolute atomic E-state index is 0.300. The largest absolute Gasteiger partial charge is 0.386 e. The zero-order chi connectivity index (χ0) is 7.84. The Morgan fingerprint density at radius 1 is 1.36 bits per heavy atom. The van der Waals surface area contributed by atoms with Gasteiger partial charge >= 0.3 is 11.9 Å². The predicted molar refractivity (Wildman–Crippen MR) is 36.5 cm³/mol. The molecule has 2 rings (SSSR count). The molecule has 1 fully saturated rings. The first-order valence-electron chi connectivity index (χ1n) is 3.75. The standard InChI is InChI=1S/C8H8O3/c9-7-4-6(8(10)11-7)5-2-1-3-5/h4-5H,1-3H2. The van der Waals surface area contributed by atoms with Crippen molar-refractivity contribution < 1.29 is 14.3 Å². The molecule has 0 unspecified atom stereocenters. The van der Waals surface area contributed by atoms with Gasteiger partial charge in [0, 0.05) is 11.6 Å². The fraction of sp³-hybridized carbons (Fsp3) is 0.500. The van der Waals surface area contributed by atoms with Crippen LogP contribution in [-0.2, 0) is 14.3 Å². The van der Waals surface area contributed by atoms with Crippen LogP contribution in [0.3, 0.4) is 0 Å². The molecule has 0 atom stereocenters. The van der Waals surface area contributed by atoms with Crippen LogP contribution < -0.4 is 0 Å². The average Bonchev–Trinajstić information content (AvgIpc) is 2.07. The molecule has 0 radical (unpaired) electrons. The highest BCUT2D eigenvalue weighted by molar-refractivity contribution is 6.09. The van der Waals surface area contributed by atoms with E-state index in [4.69, 9.17) is 0 Å². The molecule has 1 aliphatic carbocycles. The summed E-state index contributed by atoms with van der Waals surface area (Å²) in [6, 6.07) is 0. The molecule has 0 saturated heterocycles. The lowest BCUT2D eigenvalue weighted by Gasteiger charge is -2.24. The third-order valence-electron chi connectivity index (χ3n) is 2.25. The van der Waals surface area contributed by atoms with Gasteiger partial charge in [-0.2, -0.15) is 0 Å². The van der Waals surface area contributed by atoms with E-state index in [1.807, 2.05) is 0 Å². The highest BCUT2D eigenvalue weighted by atomic mass is 16.6. The maximum absolute atomic E-state index is 10.9. The molecule has 2 aliphatic rings.